The molecule has 3 rings (SSSR count). The van der Waals surface area contributed by atoms with Crippen LogP contribution in [0.15, 0.2) is 42.5 Å². The van der Waals surface area contributed by atoms with Crippen molar-refractivity contribution in [2.24, 2.45) is 5.73 Å². The number of carboxylic acids is 1. The smallest absolute Gasteiger partial charge is 0.321 e. The molecule has 2 aromatic rings. The standard InChI is InChI=1S/C15H15NO2S/c16-13(14(17)18)15(8-9-15)12-7-6-11(19-12)10-4-2-1-3-5-10/h1-7,13H,8-9,16H2,(H,17,18). The molecule has 1 heterocycles. The van der Waals surface area contributed by atoms with Gasteiger partial charge in [0.05, 0.1) is 0 Å². The van der Waals surface area contributed by atoms with Crippen molar-refractivity contribution < 1.29 is 9.90 Å². The number of carbonyl (C=O) groups is 1. The summed E-state index contributed by atoms with van der Waals surface area (Å²) >= 11 is 1.66. The largest absolute Gasteiger partial charge is 0.480 e. The van der Waals surface area contributed by atoms with Crippen LogP contribution >= 0.6 is 11.3 Å². The topological polar surface area (TPSA) is 63.3 Å². The third kappa shape index (κ3) is 2.07. The Morgan fingerprint density at radius 2 is 1.89 bits per heavy atom. The van der Waals surface area contributed by atoms with Crippen molar-refractivity contribution >= 4 is 17.3 Å². The molecule has 1 fully saturated rings. The normalized spacial score (nSPS) is 17.9. The predicted molar refractivity (Wildman–Crippen MR) is 76.3 cm³/mol. The molecular formula is C15H15NO2S. The summed E-state index contributed by atoms with van der Waals surface area (Å²) in [6.07, 6.45) is 1.74. The van der Waals surface area contributed by atoms with Gasteiger partial charge in [-0.1, -0.05) is 30.3 Å². The van der Waals surface area contributed by atoms with Crippen molar-refractivity contribution in [3.8, 4) is 10.4 Å². The zero-order valence-corrected chi connectivity index (χ0v) is 11.2. The number of thiophene rings is 1. The van der Waals surface area contributed by atoms with Crippen LogP contribution in [0.5, 0.6) is 0 Å². The third-order valence-electron chi connectivity index (χ3n) is 3.81. The number of carboxylic acid groups (broad SMARTS) is 1. The van der Waals surface area contributed by atoms with E-state index in [0.29, 0.717) is 0 Å². The van der Waals surface area contributed by atoms with Gasteiger partial charge in [0.1, 0.15) is 6.04 Å². The summed E-state index contributed by atoms with van der Waals surface area (Å²) in [5.74, 6) is -0.910. The van der Waals surface area contributed by atoms with Crippen LogP contribution in [0.3, 0.4) is 0 Å². The average molecular weight is 273 g/mol. The molecule has 0 bridgehead atoms. The Kier molecular flexibility index (Phi) is 2.92. The van der Waals surface area contributed by atoms with Gasteiger partial charge in [-0.05, 0) is 30.5 Å². The van der Waals surface area contributed by atoms with Crippen LogP contribution in [-0.4, -0.2) is 17.1 Å². The molecule has 98 valence electrons. The van der Waals surface area contributed by atoms with Crippen molar-refractivity contribution in [1.82, 2.24) is 0 Å². The Bertz CT molecular complexity index is 602. The summed E-state index contributed by atoms with van der Waals surface area (Å²) in [6, 6.07) is 13.4. The van der Waals surface area contributed by atoms with Crippen LogP contribution in [0, 0.1) is 0 Å². The third-order valence-corrected chi connectivity index (χ3v) is 5.16. The SMILES string of the molecule is NC(C(=O)O)C1(c2ccc(-c3ccccc3)s2)CC1. The van der Waals surface area contributed by atoms with Gasteiger partial charge in [0.2, 0.25) is 0 Å². The van der Waals surface area contributed by atoms with Gasteiger partial charge in [0, 0.05) is 15.2 Å². The first-order chi connectivity index (χ1) is 9.13. The van der Waals surface area contributed by atoms with Gasteiger partial charge in [-0.15, -0.1) is 11.3 Å². The molecule has 3 nitrogen and oxygen atoms in total. The molecule has 3 N–H and O–H groups in total. The lowest BCUT2D eigenvalue weighted by Crippen LogP contribution is -2.41. The maximum absolute atomic E-state index is 11.1. The molecule has 4 heteroatoms. The average Bonchev–Trinajstić information content (AvgIpc) is 3.09. The maximum atomic E-state index is 11.1. The Balaban J connectivity index is 1.92. The summed E-state index contributed by atoms with van der Waals surface area (Å²) in [4.78, 5) is 13.4. The molecule has 1 aliphatic carbocycles. The minimum absolute atomic E-state index is 0.330. The molecule has 1 atom stereocenters. The Labute approximate surface area is 115 Å². The van der Waals surface area contributed by atoms with Crippen molar-refractivity contribution in [2.75, 3.05) is 0 Å². The van der Waals surface area contributed by atoms with E-state index in [1.165, 1.54) is 10.4 Å². The molecule has 0 spiro atoms. The Morgan fingerprint density at radius 3 is 2.47 bits per heavy atom. The maximum Gasteiger partial charge on any atom is 0.321 e. The van der Waals surface area contributed by atoms with Gasteiger partial charge < -0.3 is 10.8 Å². The van der Waals surface area contributed by atoms with Gasteiger partial charge in [-0.3, -0.25) is 4.79 Å². The lowest BCUT2D eigenvalue weighted by Gasteiger charge is -2.17. The second-order valence-electron chi connectivity index (χ2n) is 5.00. The lowest BCUT2D eigenvalue weighted by molar-refractivity contribution is -0.139. The quantitative estimate of drug-likeness (QED) is 0.900. The molecule has 1 aromatic heterocycles. The number of rotatable bonds is 4. The molecule has 0 aliphatic heterocycles. The Hall–Kier alpha value is -1.65. The summed E-state index contributed by atoms with van der Waals surface area (Å²) in [5, 5.41) is 9.12. The summed E-state index contributed by atoms with van der Waals surface area (Å²) in [6.45, 7) is 0. The van der Waals surface area contributed by atoms with E-state index in [2.05, 4.69) is 18.2 Å². The molecule has 19 heavy (non-hydrogen) atoms. The van der Waals surface area contributed by atoms with E-state index >= 15 is 0 Å². The first-order valence-corrected chi connectivity index (χ1v) is 7.09. The monoisotopic (exact) mass is 273 g/mol. The summed E-state index contributed by atoms with van der Waals surface area (Å²) in [5.41, 5.74) is 6.68. The van der Waals surface area contributed by atoms with Crippen molar-refractivity contribution in [1.29, 1.82) is 0 Å². The van der Waals surface area contributed by atoms with Crippen molar-refractivity contribution in [3.63, 3.8) is 0 Å². The zero-order valence-electron chi connectivity index (χ0n) is 10.4. The number of nitrogens with two attached hydrogens (primary N) is 1. The van der Waals surface area contributed by atoms with E-state index in [4.69, 9.17) is 10.8 Å². The molecule has 0 radical (unpaired) electrons. The van der Waals surface area contributed by atoms with Crippen LogP contribution in [-0.2, 0) is 10.2 Å². The predicted octanol–water partition coefficient (Wildman–Crippen LogP) is 2.86. The van der Waals surface area contributed by atoms with E-state index in [0.717, 1.165) is 17.7 Å². The van der Waals surface area contributed by atoms with E-state index in [1.54, 1.807) is 11.3 Å². The second-order valence-corrected chi connectivity index (χ2v) is 6.09. The van der Waals surface area contributed by atoms with Crippen LogP contribution in [0.1, 0.15) is 17.7 Å². The highest BCUT2D eigenvalue weighted by Gasteiger charge is 2.53. The fourth-order valence-electron chi connectivity index (χ4n) is 2.44. The van der Waals surface area contributed by atoms with Gasteiger partial charge >= 0.3 is 5.97 Å². The highest BCUT2D eigenvalue weighted by atomic mass is 32.1. The number of hydrogen-bond donors (Lipinski definition) is 2. The minimum Gasteiger partial charge on any atom is -0.480 e. The van der Waals surface area contributed by atoms with E-state index in [9.17, 15) is 4.79 Å². The number of benzene rings is 1. The van der Waals surface area contributed by atoms with Crippen LogP contribution in [0.2, 0.25) is 0 Å². The fraction of sp³-hybridized carbons (Fsp3) is 0.267. The number of hydrogen-bond acceptors (Lipinski definition) is 3. The van der Waals surface area contributed by atoms with Gasteiger partial charge in [0.25, 0.3) is 0 Å². The van der Waals surface area contributed by atoms with Gasteiger partial charge in [-0.2, -0.15) is 0 Å². The van der Waals surface area contributed by atoms with Crippen molar-refractivity contribution in [3.05, 3.63) is 47.3 Å². The van der Waals surface area contributed by atoms with Gasteiger partial charge in [0.15, 0.2) is 0 Å². The minimum atomic E-state index is -0.910. The van der Waals surface area contributed by atoms with Crippen LogP contribution in [0.25, 0.3) is 10.4 Å². The molecule has 1 unspecified atom stereocenters. The van der Waals surface area contributed by atoms with E-state index < -0.39 is 12.0 Å². The van der Waals surface area contributed by atoms with Gasteiger partial charge in [-0.25, -0.2) is 0 Å². The molecule has 1 aliphatic rings. The number of aliphatic carboxylic acids is 1. The van der Waals surface area contributed by atoms with Crippen molar-refractivity contribution in [2.45, 2.75) is 24.3 Å². The molecule has 1 saturated carbocycles. The molecular weight excluding hydrogens is 258 g/mol. The highest BCUT2D eigenvalue weighted by Crippen LogP contribution is 2.53. The van der Waals surface area contributed by atoms with Crippen LogP contribution < -0.4 is 5.73 Å². The van der Waals surface area contributed by atoms with E-state index in [1.807, 2.05) is 24.3 Å². The second kappa shape index (κ2) is 4.47. The molecule has 0 amide bonds. The molecule has 1 aromatic carbocycles. The first-order valence-electron chi connectivity index (χ1n) is 6.28. The van der Waals surface area contributed by atoms with Crippen LogP contribution in [0.4, 0.5) is 0 Å². The fourth-order valence-corrected chi connectivity index (χ4v) is 3.74. The first kappa shape index (κ1) is 12.4. The zero-order chi connectivity index (χ0) is 13.5. The van der Waals surface area contributed by atoms with E-state index in [-0.39, 0.29) is 5.41 Å². The summed E-state index contributed by atoms with van der Waals surface area (Å²) < 4.78 is 0. The molecule has 0 saturated heterocycles. The Morgan fingerprint density at radius 1 is 1.21 bits per heavy atom. The summed E-state index contributed by atoms with van der Waals surface area (Å²) in [7, 11) is 0. The lowest BCUT2D eigenvalue weighted by atomic mass is 9.95. The highest BCUT2D eigenvalue weighted by molar-refractivity contribution is 7.15.